The van der Waals surface area contributed by atoms with Gasteiger partial charge in [0.05, 0.1) is 25.4 Å². The number of aliphatic hydroxyl groups excluding tert-OH is 2. The predicted molar refractivity (Wildman–Crippen MR) is 264 cm³/mol. The summed E-state index contributed by atoms with van der Waals surface area (Å²) in [7, 11) is 0. The first kappa shape index (κ1) is 58.8. The molecule has 61 heavy (non-hydrogen) atoms. The van der Waals surface area contributed by atoms with Gasteiger partial charge in [0.2, 0.25) is 5.91 Å². The monoisotopic (exact) mass is 856 g/mol. The van der Waals surface area contributed by atoms with Gasteiger partial charge >= 0.3 is 5.97 Å². The lowest BCUT2D eigenvalue weighted by Crippen LogP contribution is -2.45. The lowest BCUT2D eigenvalue weighted by Gasteiger charge is -2.20. The molecule has 0 radical (unpaired) electrons. The lowest BCUT2D eigenvalue weighted by atomic mass is 10.0. The van der Waals surface area contributed by atoms with Crippen LogP contribution in [0, 0.1) is 0 Å². The minimum atomic E-state index is -0.855. The fourth-order valence-electron chi connectivity index (χ4n) is 7.71. The number of carbonyl (C=O) groups is 2. The number of hydrogen-bond acceptors (Lipinski definition) is 5. The van der Waals surface area contributed by atoms with Crippen LogP contribution in [0.5, 0.6) is 0 Å². The van der Waals surface area contributed by atoms with Crippen molar-refractivity contribution in [3.8, 4) is 0 Å². The summed E-state index contributed by atoms with van der Waals surface area (Å²) in [5.74, 6) is -0.111. The minimum absolute atomic E-state index is 0.0261. The second-order valence-electron chi connectivity index (χ2n) is 17.8. The number of amides is 1. The van der Waals surface area contributed by atoms with Crippen LogP contribution in [0.25, 0.3) is 0 Å². The number of ether oxygens (including phenoxy) is 1. The van der Waals surface area contributed by atoms with E-state index in [-0.39, 0.29) is 18.5 Å². The van der Waals surface area contributed by atoms with Crippen LogP contribution < -0.4 is 5.32 Å². The molecule has 0 aromatic heterocycles. The Balaban J connectivity index is 3.52. The first-order valence-corrected chi connectivity index (χ1v) is 26.4. The largest absolute Gasteiger partial charge is 0.466 e. The number of hydrogen-bond donors (Lipinski definition) is 3. The normalized spacial score (nSPS) is 13.0. The van der Waals surface area contributed by atoms with Gasteiger partial charge in [0, 0.05) is 12.8 Å². The van der Waals surface area contributed by atoms with Gasteiger partial charge in [-0.15, -0.1) is 0 Å². The predicted octanol–water partition coefficient (Wildman–Crippen LogP) is 15.8. The molecule has 0 aromatic rings. The number of allylic oxidation sites excluding steroid dienone is 7. The summed E-state index contributed by atoms with van der Waals surface area (Å²) in [6.07, 6.45) is 62.5. The first-order chi connectivity index (χ1) is 30.0. The summed E-state index contributed by atoms with van der Waals surface area (Å²) in [6.45, 7) is 4.82. The van der Waals surface area contributed by atoms with E-state index in [0.717, 1.165) is 83.5 Å². The molecule has 1 amide bonds. The fourth-order valence-corrected chi connectivity index (χ4v) is 7.71. The third kappa shape index (κ3) is 47.1. The molecule has 356 valence electrons. The number of unbranched alkanes of at least 4 members (excludes halogenated alkanes) is 31. The van der Waals surface area contributed by atoms with Crippen LogP contribution in [0.15, 0.2) is 48.6 Å². The van der Waals surface area contributed by atoms with Crippen LogP contribution in [-0.2, 0) is 14.3 Å². The van der Waals surface area contributed by atoms with Crippen molar-refractivity contribution in [1.82, 2.24) is 5.32 Å². The topological polar surface area (TPSA) is 95.9 Å². The molecule has 2 unspecified atom stereocenters. The smallest absolute Gasteiger partial charge is 0.305 e. The first-order valence-electron chi connectivity index (χ1n) is 26.4. The Kier molecular flexibility index (Phi) is 48.7. The van der Waals surface area contributed by atoms with Gasteiger partial charge in [0.1, 0.15) is 0 Å². The molecule has 0 aliphatic carbocycles. The second kappa shape index (κ2) is 50.5. The Morgan fingerprint density at radius 1 is 0.459 bits per heavy atom. The summed E-state index contributed by atoms with van der Waals surface area (Å²) in [5, 5.41) is 23.0. The van der Waals surface area contributed by atoms with E-state index in [9.17, 15) is 19.8 Å². The summed E-state index contributed by atoms with van der Waals surface area (Å²) >= 11 is 0. The van der Waals surface area contributed by atoms with Gasteiger partial charge in [0.25, 0.3) is 0 Å². The van der Waals surface area contributed by atoms with Gasteiger partial charge in [0.15, 0.2) is 0 Å². The van der Waals surface area contributed by atoms with Crippen molar-refractivity contribution in [2.75, 3.05) is 13.2 Å². The number of aliphatic hydroxyl groups is 2. The molecule has 0 aliphatic rings. The van der Waals surface area contributed by atoms with Gasteiger partial charge in [-0.25, -0.2) is 0 Å². The van der Waals surface area contributed by atoms with Gasteiger partial charge in [-0.3, -0.25) is 9.59 Å². The van der Waals surface area contributed by atoms with Crippen LogP contribution >= 0.6 is 0 Å². The Labute approximate surface area is 378 Å². The van der Waals surface area contributed by atoms with E-state index in [1.54, 1.807) is 6.08 Å². The highest BCUT2D eigenvalue weighted by atomic mass is 16.5. The minimum Gasteiger partial charge on any atom is -0.466 e. The Bertz CT molecular complexity index is 1040. The van der Waals surface area contributed by atoms with Gasteiger partial charge in [-0.1, -0.05) is 210 Å². The molecule has 0 fully saturated rings. The summed E-state index contributed by atoms with van der Waals surface area (Å²) < 4.78 is 5.45. The third-order valence-electron chi connectivity index (χ3n) is 11.8. The number of esters is 1. The number of nitrogens with one attached hydrogen (secondary N) is 1. The molecule has 0 aromatic carbocycles. The summed E-state index contributed by atoms with van der Waals surface area (Å²) in [4.78, 5) is 24.4. The third-order valence-corrected chi connectivity index (χ3v) is 11.8. The van der Waals surface area contributed by atoms with E-state index in [0.29, 0.717) is 19.4 Å². The van der Waals surface area contributed by atoms with Crippen molar-refractivity contribution < 1.29 is 24.5 Å². The maximum Gasteiger partial charge on any atom is 0.305 e. The average molecular weight is 856 g/mol. The maximum atomic E-state index is 12.4. The molecule has 0 aliphatic heterocycles. The molecule has 6 nitrogen and oxygen atoms in total. The van der Waals surface area contributed by atoms with E-state index in [1.807, 2.05) is 6.08 Å². The van der Waals surface area contributed by atoms with Crippen LogP contribution in [0.1, 0.15) is 264 Å². The van der Waals surface area contributed by atoms with Crippen LogP contribution in [-0.4, -0.2) is 47.4 Å². The highest BCUT2D eigenvalue weighted by Gasteiger charge is 2.18. The molecule has 0 rings (SSSR count). The number of rotatable bonds is 48. The molecule has 2 atom stereocenters. The fraction of sp³-hybridized carbons (Fsp3) is 0.818. The van der Waals surface area contributed by atoms with E-state index < -0.39 is 12.1 Å². The molecule has 0 saturated carbocycles. The van der Waals surface area contributed by atoms with E-state index >= 15 is 0 Å². The van der Waals surface area contributed by atoms with Gasteiger partial charge < -0.3 is 20.3 Å². The van der Waals surface area contributed by atoms with E-state index in [1.165, 1.54) is 154 Å². The lowest BCUT2D eigenvalue weighted by molar-refractivity contribution is -0.143. The van der Waals surface area contributed by atoms with E-state index in [4.69, 9.17) is 4.74 Å². The maximum absolute atomic E-state index is 12.4. The molecule has 0 heterocycles. The summed E-state index contributed by atoms with van der Waals surface area (Å²) in [6, 6.07) is -0.640. The van der Waals surface area contributed by atoms with Crippen molar-refractivity contribution in [2.45, 2.75) is 276 Å². The molecule has 0 saturated heterocycles. The van der Waals surface area contributed by atoms with Crippen molar-refractivity contribution in [3.63, 3.8) is 0 Å². The zero-order valence-corrected chi connectivity index (χ0v) is 40.4. The molecule has 0 bridgehead atoms. The average Bonchev–Trinajstić information content (AvgIpc) is 3.26. The van der Waals surface area contributed by atoms with Gasteiger partial charge in [-0.05, 0) is 89.9 Å². The zero-order valence-electron chi connectivity index (χ0n) is 40.4. The SMILES string of the molecule is CCCCC/C=C\C/C=C\CCCCCCCC(=O)OCCCCCC/C=C\CCCCCCCCCC(=O)NC(CO)C(O)/C=C/CCCCCCCCCCCCCC. The standard InChI is InChI=1S/C55H101NO5/c1-3-5-7-9-11-13-15-17-20-25-29-33-37-41-45-49-55(60)61-50-46-42-38-34-30-26-22-19-21-24-28-32-36-40-44-48-54(59)56-52(51-57)53(58)47-43-39-35-31-27-23-18-16-14-12-10-8-6-4-2/h11,13,17,20,22,26,43,47,52-53,57-58H,3-10,12,14-16,18-19,21,23-25,27-42,44-46,48-51H2,1-2H3,(H,56,59)/b13-11-,20-17-,26-22-,47-43+. The van der Waals surface area contributed by atoms with Gasteiger partial charge in [-0.2, -0.15) is 0 Å². The Morgan fingerprint density at radius 2 is 0.820 bits per heavy atom. The van der Waals surface area contributed by atoms with Crippen molar-refractivity contribution in [3.05, 3.63) is 48.6 Å². The van der Waals surface area contributed by atoms with Crippen molar-refractivity contribution in [1.29, 1.82) is 0 Å². The Hall–Kier alpha value is -2.18. The van der Waals surface area contributed by atoms with Crippen LogP contribution in [0.3, 0.4) is 0 Å². The summed E-state index contributed by atoms with van der Waals surface area (Å²) in [5.41, 5.74) is 0. The zero-order chi connectivity index (χ0) is 44.4. The van der Waals surface area contributed by atoms with Crippen LogP contribution in [0.4, 0.5) is 0 Å². The highest BCUT2D eigenvalue weighted by molar-refractivity contribution is 5.76. The molecule has 0 spiro atoms. The number of carbonyl (C=O) groups excluding carboxylic acids is 2. The second-order valence-corrected chi connectivity index (χ2v) is 17.8. The quantitative estimate of drug-likeness (QED) is 0.0322. The molecule has 3 N–H and O–H groups in total. The van der Waals surface area contributed by atoms with Crippen molar-refractivity contribution in [2.24, 2.45) is 0 Å². The molecular weight excluding hydrogens is 755 g/mol. The van der Waals surface area contributed by atoms with Crippen molar-refractivity contribution >= 4 is 11.9 Å². The molecule has 6 heteroatoms. The highest BCUT2D eigenvalue weighted by Crippen LogP contribution is 2.15. The Morgan fingerprint density at radius 3 is 1.30 bits per heavy atom. The molecular formula is C55H101NO5. The van der Waals surface area contributed by atoms with E-state index in [2.05, 4.69) is 55.6 Å². The van der Waals surface area contributed by atoms with Crippen LogP contribution in [0.2, 0.25) is 0 Å².